The Kier molecular flexibility index (Phi) is 10.3. The Morgan fingerprint density at radius 2 is 1.62 bits per heavy atom. The van der Waals surface area contributed by atoms with Gasteiger partial charge in [0, 0.05) is 18.4 Å². The van der Waals surface area contributed by atoms with Gasteiger partial charge in [-0.05, 0) is 36.0 Å². The first-order valence-electron chi connectivity index (χ1n) is 11.0. The molecule has 29 heavy (non-hydrogen) atoms. The molecule has 1 N–H and O–H groups in total. The van der Waals surface area contributed by atoms with Crippen LogP contribution in [0.5, 0.6) is 0 Å². The van der Waals surface area contributed by atoms with Gasteiger partial charge in [0.1, 0.15) is 0 Å². The van der Waals surface area contributed by atoms with Crippen molar-refractivity contribution in [3.8, 4) is 0 Å². The Labute approximate surface area is 180 Å². The van der Waals surface area contributed by atoms with E-state index in [-0.39, 0.29) is 35.7 Å². The topological polar surface area (TPSA) is 38.7 Å². The van der Waals surface area contributed by atoms with Crippen LogP contribution < -0.4 is 0 Å². The highest BCUT2D eigenvalue weighted by Gasteiger charge is 2.43. The second kappa shape index (κ2) is 11.4. The van der Waals surface area contributed by atoms with E-state index in [1.165, 1.54) is 0 Å². The molecule has 0 aromatic heterocycles. The second-order valence-corrected chi connectivity index (χ2v) is 14.9. The molecule has 5 atom stereocenters. The Balaban J connectivity index is 3.11. The van der Waals surface area contributed by atoms with Crippen LogP contribution in [0.25, 0.3) is 0 Å². The number of allylic oxidation sites excluding steroid dienone is 1. The lowest BCUT2D eigenvalue weighted by molar-refractivity contribution is -0.0812. The molecule has 0 aliphatic carbocycles. The first-order valence-corrected chi connectivity index (χ1v) is 13.9. The number of aliphatic hydroxyl groups excluding tert-OH is 1. The first-order chi connectivity index (χ1) is 13.4. The molecule has 166 valence electrons. The minimum atomic E-state index is -1.95. The Hall–Kier alpha value is -0.943. The van der Waals surface area contributed by atoms with E-state index in [2.05, 4.69) is 73.3 Å². The second-order valence-electron chi connectivity index (χ2n) is 10.1. The highest BCUT2D eigenvalue weighted by Crippen LogP contribution is 2.40. The molecule has 0 spiro atoms. The molecule has 3 nitrogen and oxygen atoms in total. The third-order valence-electron chi connectivity index (χ3n) is 6.51. The molecule has 0 aliphatic rings. The van der Waals surface area contributed by atoms with Gasteiger partial charge in [-0.1, -0.05) is 78.0 Å². The molecule has 4 heteroatoms. The normalized spacial score (nSPS) is 18.0. The monoisotopic (exact) mass is 420 g/mol. The summed E-state index contributed by atoms with van der Waals surface area (Å²) in [6.45, 7) is 22.6. The van der Waals surface area contributed by atoms with Gasteiger partial charge in [0.15, 0.2) is 8.32 Å². The fourth-order valence-electron chi connectivity index (χ4n) is 3.55. The van der Waals surface area contributed by atoms with Crippen molar-refractivity contribution in [1.29, 1.82) is 0 Å². The molecule has 0 saturated carbocycles. The lowest BCUT2D eigenvalue weighted by Crippen LogP contribution is -2.50. The number of hydrogen-bond donors (Lipinski definition) is 1. The Morgan fingerprint density at radius 3 is 2.10 bits per heavy atom. The van der Waals surface area contributed by atoms with Gasteiger partial charge in [0.2, 0.25) is 0 Å². The first kappa shape index (κ1) is 26.1. The summed E-state index contributed by atoms with van der Waals surface area (Å²) in [5.74, 6) is 0.533. The zero-order valence-corrected chi connectivity index (χ0v) is 20.9. The summed E-state index contributed by atoms with van der Waals surface area (Å²) >= 11 is 0. The minimum Gasteiger partial charge on any atom is -0.413 e. The van der Waals surface area contributed by atoms with E-state index < -0.39 is 8.32 Å². The van der Waals surface area contributed by atoms with E-state index in [9.17, 15) is 5.11 Å². The maximum absolute atomic E-state index is 9.91. The van der Waals surface area contributed by atoms with E-state index >= 15 is 0 Å². The van der Waals surface area contributed by atoms with Crippen LogP contribution in [-0.2, 0) is 15.8 Å². The van der Waals surface area contributed by atoms with Gasteiger partial charge in [-0.2, -0.15) is 0 Å². The average Bonchev–Trinajstić information content (AvgIpc) is 2.65. The van der Waals surface area contributed by atoms with Crippen LogP contribution in [0, 0.1) is 17.8 Å². The highest BCUT2D eigenvalue weighted by atomic mass is 28.4. The molecular weight excluding hydrogens is 376 g/mol. The SMILES string of the molecule is C=CC[C@H](C)[C@@H](O[Si](C)(C)C(C)(C)C)[C@H](C)[C@H](OCc1ccccc1)[C@H](C)CO. The Bertz CT molecular complexity index is 594. The zero-order valence-electron chi connectivity index (χ0n) is 19.9. The van der Waals surface area contributed by atoms with E-state index in [4.69, 9.17) is 9.16 Å². The van der Waals surface area contributed by atoms with E-state index in [1.54, 1.807) is 0 Å². The summed E-state index contributed by atoms with van der Waals surface area (Å²) in [4.78, 5) is 0. The summed E-state index contributed by atoms with van der Waals surface area (Å²) in [6.07, 6.45) is 2.86. The largest absolute Gasteiger partial charge is 0.413 e. The number of rotatable bonds is 12. The summed E-state index contributed by atoms with van der Waals surface area (Å²) in [7, 11) is -1.95. The van der Waals surface area contributed by atoms with Crippen molar-refractivity contribution in [2.75, 3.05) is 6.61 Å². The van der Waals surface area contributed by atoms with Gasteiger partial charge in [0.05, 0.1) is 18.8 Å². The van der Waals surface area contributed by atoms with E-state index in [1.807, 2.05) is 24.3 Å². The summed E-state index contributed by atoms with van der Waals surface area (Å²) < 4.78 is 13.3. The molecule has 1 rings (SSSR count). The van der Waals surface area contributed by atoms with Crippen molar-refractivity contribution in [2.45, 2.75) is 84.9 Å². The summed E-state index contributed by atoms with van der Waals surface area (Å²) in [5, 5.41) is 10.0. The van der Waals surface area contributed by atoms with Crippen molar-refractivity contribution >= 4 is 8.32 Å². The quantitative estimate of drug-likeness (QED) is 0.312. The van der Waals surface area contributed by atoms with Gasteiger partial charge < -0.3 is 14.3 Å². The van der Waals surface area contributed by atoms with Gasteiger partial charge >= 0.3 is 0 Å². The minimum absolute atomic E-state index is 0.0372. The van der Waals surface area contributed by atoms with Crippen LogP contribution >= 0.6 is 0 Å². The molecule has 0 aliphatic heterocycles. The maximum Gasteiger partial charge on any atom is 0.192 e. The van der Waals surface area contributed by atoms with Crippen LogP contribution in [0.3, 0.4) is 0 Å². The third-order valence-corrected chi connectivity index (χ3v) is 11.0. The zero-order chi connectivity index (χ0) is 22.2. The predicted molar refractivity (Wildman–Crippen MR) is 126 cm³/mol. The standard InChI is InChI=1S/C25H44O3Si/c1-10-14-19(2)24(28-29(8,9)25(5,6)7)21(4)23(20(3)17-26)27-18-22-15-12-11-13-16-22/h10-13,15-16,19-21,23-24,26H,1,14,17-18H2,2-9H3/t19-,20+,21+,23+,24+/m0/s1. The van der Waals surface area contributed by atoms with Gasteiger partial charge in [-0.3, -0.25) is 0 Å². The van der Waals surface area contributed by atoms with Gasteiger partial charge in [-0.25, -0.2) is 0 Å². The molecule has 0 bridgehead atoms. The number of ether oxygens (including phenoxy) is 1. The van der Waals surface area contributed by atoms with Crippen molar-refractivity contribution < 1.29 is 14.3 Å². The number of aliphatic hydroxyl groups is 1. The molecule has 1 aromatic carbocycles. The third kappa shape index (κ3) is 7.67. The molecule has 1 aromatic rings. The van der Waals surface area contributed by atoms with Crippen LogP contribution in [0.4, 0.5) is 0 Å². The van der Waals surface area contributed by atoms with Crippen molar-refractivity contribution in [1.82, 2.24) is 0 Å². The highest BCUT2D eigenvalue weighted by molar-refractivity contribution is 6.74. The fourth-order valence-corrected chi connectivity index (χ4v) is 5.03. The van der Waals surface area contributed by atoms with Gasteiger partial charge in [-0.15, -0.1) is 6.58 Å². The predicted octanol–water partition coefficient (Wildman–Crippen LogP) is 6.44. The fraction of sp³-hybridized carbons (Fsp3) is 0.680. The van der Waals surface area contributed by atoms with Crippen LogP contribution in [-0.4, -0.2) is 32.2 Å². The average molecular weight is 421 g/mol. The number of benzene rings is 1. The molecule has 0 saturated heterocycles. The number of hydrogen-bond acceptors (Lipinski definition) is 3. The van der Waals surface area contributed by atoms with Crippen molar-refractivity contribution in [3.63, 3.8) is 0 Å². The molecular formula is C25H44O3Si. The maximum atomic E-state index is 9.91. The lowest BCUT2D eigenvalue weighted by atomic mass is 9.83. The summed E-state index contributed by atoms with van der Waals surface area (Å²) in [6, 6.07) is 10.2. The smallest absolute Gasteiger partial charge is 0.192 e. The van der Waals surface area contributed by atoms with Crippen LogP contribution in [0.15, 0.2) is 43.0 Å². The lowest BCUT2D eigenvalue weighted by Gasteiger charge is -2.45. The summed E-state index contributed by atoms with van der Waals surface area (Å²) in [5.41, 5.74) is 1.15. The molecule has 0 unspecified atom stereocenters. The van der Waals surface area contributed by atoms with E-state index in [0.717, 1.165) is 12.0 Å². The van der Waals surface area contributed by atoms with E-state index in [0.29, 0.717) is 12.5 Å². The molecule has 0 amide bonds. The van der Waals surface area contributed by atoms with Crippen LogP contribution in [0.2, 0.25) is 18.1 Å². The van der Waals surface area contributed by atoms with Crippen molar-refractivity contribution in [2.24, 2.45) is 17.8 Å². The van der Waals surface area contributed by atoms with Crippen LogP contribution in [0.1, 0.15) is 53.5 Å². The van der Waals surface area contributed by atoms with Gasteiger partial charge in [0.25, 0.3) is 0 Å². The molecule has 0 radical (unpaired) electrons. The molecule has 0 heterocycles. The Morgan fingerprint density at radius 1 is 1.03 bits per heavy atom. The molecule has 0 fully saturated rings. The van der Waals surface area contributed by atoms with Crippen molar-refractivity contribution in [3.05, 3.63) is 48.6 Å².